The van der Waals surface area contributed by atoms with Gasteiger partial charge in [0.15, 0.2) is 11.5 Å². The molecule has 1 saturated carbocycles. The SMILES string of the molecule is CCOc1cc(C(=O)N2CCN(C(=O)C3CCC3)CC2)ccc1OCc1cccnc1. The maximum absolute atomic E-state index is 13.0. The van der Waals surface area contributed by atoms with Crippen molar-refractivity contribution in [3.8, 4) is 11.5 Å². The fraction of sp³-hybridized carbons (Fsp3) is 0.458. The quantitative estimate of drug-likeness (QED) is 0.684. The van der Waals surface area contributed by atoms with Crippen LogP contribution in [0, 0.1) is 5.92 Å². The molecular weight excluding hydrogens is 394 g/mol. The van der Waals surface area contributed by atoms with Crippen molar-refractivity contribution in [1.82, 2.24) is 14.8 Å². The predicted octanol–water partition coefficient (Wildman–Crippen LogP) is 3.14. The Morgan fingerprint density at radius 1 is 1.03 bits per heavy atom. The highest BCUT2D eigenvalue weighted by Crippen LogP contribution is 2.31. The maximum Gasteiger partial charge on any atom is 0.254 e. The van der Waals surface area contributed by atoms with Gasteiger partial charge in [0.05, 0.1) is 6.61 Å². The molecule has 4 rings (SSSR count). The van der Waals surface area contributed by atoms with E-state index in [0.717, 1.165) is 24.8 Å². The van der Waals surface area contributed by atoms with Crippen molar-refractivity contribution in [1.29, 1.82) is 0 Å². The van der Waals surface area contributed by atoms with Gasteiger partial charge in [-0.3, -0.25) is 14.6 Å². The molecule has 0 radical (unpaired) electrons. The molecular formula is C24H29N3O4. The lowest BCUT2D eigenvalue weighted by Gasteiger charge is -2.38. The molecule has 2 aromatic rings. The first kappa shape index (κ1) is 21.2. The fourth-order valence-corrected chi connectivity index (χ4v) is 3.90. The highest BCUT2D eigenvalue weighted by molar-refractivity contribution is 5.95. The monoisotopic (exact) mass is 423 g/mol. The molecule has 7 nitrogen and oxygen atoms in total. The second-order valence-corrected chi connectivity index (χ2v) is 7.99. The van der Waals surface area contributed by atoms with Gasteiger partial charge in [-0.2, -0.15) is 0 Å². The number of carbonyl (C=O) groups is 2. The molecule has 164 valence electrons. The zero-order chi connectivity index (χ0) is 21.6. The minimum Gasteiger partial charge on any atom is -0.490 e. The third-order valence-electron chi connectivity index (χ3n) is 5.94. The molecule has 2 fully saturated rings. The lowest BCUT2D eigenvalue weighted by Crippen LogP contribution is -2.52. The van der Waals surface area contributed by atoms with E-state index < -0.39 is 0 Å². The fourth-order valence-electron chi connectivity index (χ4n) is 3.90. The average molecular weight is 424 g/mol. The molecule has 0 bridgehead atoms. The summed E-state index contributed by atoms with van der Waals surface area (Å²) in [6.45, 7) is 5.07. The summed E-state index contributed by atoms with van der Waals surface area (Å²) in [5.41, 5.74) is 1.52. The second kappa shape index (κ2) is 9.81. The van der Waals surface area contributed by atoms with Gasteiger partial charge in [-0.1, -0.05) is 12.5 Å². The molecule has 0 N–H and O–H groups in total. The highest BCUT2D eigenvalue weighted by atomic mass is 16.5. The normalized spacial score (nSPS) is 16.5. The summed E-state index contributed by atoms with van der Waals surface area (Å²) in [5, 5.41) is 0. The zero-order valence-electron chi connectivity index (χ0n) is 18.0. The van der Waals surface area contributed by atoms with Gasteiger partial charge in [0.2, 0.25) is 5.91 Å². The van der Waals surface area contributed by atoms with Crippen LogP contribution in [0.1, 0.15) is 42.1 Å². The van der Waals surface area contributed by atoms with E-state index in [1.165, 1.54) is 0 Å². The van der Waals surface area contributed by atoms with Crippen molar-refractivity contribution < 1.29 is 19.1 Å². The van der Waals surface area contributed by atoms with Crippen LogP contribution in [0.15, 0.2) is 42.7 Å². The molecule has 0 unspecified atom stereocenters. The van der Waals surface area contributed by atoms with Gasteiger partial charge in [-0.15, -0.1) is 0 Å². The molecule has 7 heteroatoms. The number of aromatic nitrogens is 1. The lowest BCUT2D eigenvalue weighted by atomic mass is 9.84. The van der Waals surface area contributed by atoms with Crippen molar-refractivity contribution in [2.24, 2.45) is 5.92 Å². The topological polar surface area (TPSA) is 72.0 Å². The van der Waals surface area contributed by atoms with Crippen LogP contribution in [0.4, 0.5) is 0 Å². The molecule has 1 aromatic heterocycles. The average Bonchev–Trinajstić information content (AvgIpc) is 2.77. The van der Waals surface area contributed by atoms with Crippen LogP contribution in [-0.2, 0) is 11.4 Å². The summed E-state index contributed by atoms with van der Waals surface area (Å²) in [6, 6.07) is 9.11. The summed E-state index contributed by atoms with van der Waals surface area (Å²) in [5.74, 6) is 1.56. The molecule has 1 aliphatic heterocycles. The van der Waals surface area contributed by atoms with Gasteiger partial charge in [0, 0.05) is 55.6 Å². The molecule has 1 saturated heterocycles. The molecule has 2 amide bonds. The van der Waals surface area contributed by atoms with Crippen LogP contribution in [-0.4, -0.2) is 59.4 Å². The molecule has 1 aliphatic carbocycles. The van der Waals surface area contributed by atoms with E-state index in [-0.39, 0.29) is 17.7 Å². The number of benzene rings is 1. The smallest absolute Gasteiger partial charge is 0.254 e. The first-order chi connectivity index (χ1) is 15.2. The summed E-state index contributed by atoms with van der Waals surface area (Å²) in [6.07, 6.45) is 6.64. The minimum absolute atomic E-state index is 0.0458. The van der Waals surface area contributed by atoms with Gasteiger partial charge < -0.3 is 19.3 Å². The Morgan fingerprint density at radius 2 is 1.81 bits per heavy atom. The van der Waals surface area contributed by atoms with Gasteiger partial charge in [0.25, 0.3) is 5.91 Å². The van der Waals surface area contributed by atoms with Gasteiger partial charge in [0.1, 0.15) is 6.61 Å². The molecule has 31 heavy (non-hydrogen) atoms. The lowest BCUT2D eigenvalue weighted by molar-refractivity contribution is -0.139. The van der Waals surface area contributed by atoms with Crippen molar-refractivity contribution in [3.63, 3.8) is 0 Å². The number of ether oxygens (including phenoxy) is 2. The summed E-state index contributed by atoms with van der Waals surface area (Å²) >= 11 is 0. The number of nitrogens with zero attached hydrogens (tertiary/aromatic N) is 3. The van der Waals surface area contributed by atoms with Gasteiger partial charge in [-0.05, 0) is 44.0 Å². The summed E-state index contributed by atoms with van der Waals surface area (Å²) < 4.78 is 11.6. The largest absolute Gasteiger partial charge is 0.490 e. The van der Waals surface area contributed by atoms with E-state index in [9.17, 15) is 9.59 Å². The Morgan fingerprint density at radius 3 is 2.45 bits per heavy atom. The van der Waals surface area contributed by atoms with Crippen LogP contribution in [0.2, 0.25) is 0 Å². The minimum atomic E-state index is -0.0458. The van der Waals surface area contributed by atoms with Crippen molar-refractivity contribution in [3.05, 3.63) is 53.9 Å². The Hall–Kier alpha value is -3.09. The summed E-state index contributed by atoms with van der Waals surface area (Å²) in [4.78, 5) is 33.3. The van der Waals surface area contributed by atoms with E-state index >= 15 is 0 Å². The maximum atomic E-state index is 13.0. The van der Waals surface area contributed by atoms with Crippen LogP contribution in [0.3, 0.4) is 0 Å². The molecule has 0 spiro atoms. The molecule has 2 aliphatic rings. The van der Waals surface area contributed by atoms with E-state index in [1.54, 1.807) is 30.6 Å². The number of rotatable bonds is 7. The number of carbonyl (C=O) groups excluding carboxylic acids is 2. The van der Waals surface area contributed by atoms with Crippen LogP contribution in [0.5, 0.6) is 11.5 Å². The van der Waals surface area contributed by atoms with Crippen LogP contribution in [0.25, 0.3) is 0 Å². The third kappa shape index (κ3) is 4.98. The third-order valence-corrected chi connectivity index (χ3v) is 5.94. The van der Waals surface area contributed by atoms with Gasteiger partial charge in [-0.25, -0.2) is 0 Å². The predicted molar refractivity (Wildman–Crippen MR) is 116 cm³/mol. The van der Waals surface area contributed by atoms with Gasteiger partial charge >= 0.3 is 0 Å². The standard InChI is InChI=1S/C24H29N3O4/c1-2-30-22-15-20(8-9-21(22)31-17-18-5-4-10-25-16-18)24(29)27-13-11-26(12-14-27)23(28)19-6-3-7-19/h4-5,8-10,15-16,19H,2-3,6-7,11-14,17H2,1H3. The van der Waals surface area contributed by atoms with Crippen LogP contribution >= 0.6 is 0 Å². The Kier molecular flexibility index (Phi) is 6.70. The van der Waals surface area contributed by atoms with Crippen molar-refractivity contribution in [2.45, 2.75) is 32.8 Å². The number of amides is 2. The molecule has 1 aromatic carbocycles. The van der Waals surface area contributed by atoms with E-state index in [2.05, 4.69) is 4.98 Å². The highest BCUT2D eigenvalue weighted by Gasteiger charge is 2.32. The second-order valence-electron chi connectivity index (χ2n) is 7.99. The number of pyridine rings is 1. The van der Waals surface area contributed by atoms with Crippen molar-refractivity contribution >= 4 is 11.8 Å². The van der Waals surface area contributed by atoms with Crippen LogP contribution < -0.4 is 9.47 Å². The van der Waals surface area contributed by atoms with E-state index in [4.69, 9.17) is 9.47 Å². The number of hydrogen-bond acceptors (Lipinski definition) is 5. The molecule has 2 heterocycles. The van der Waals surface area contributed by atoms with Crippen molar-refractivity contribution in [2.75, 3.05) is 32.8 Å². The first-order valence-electron chi connectivity index (χ1n) is 11.0. The Labute approximate surface area is 183 Å². The molecule has 0 atom stereocenters. The van der Waals surface area contributed by atoms with E-state index in [1.807, 2.05) is 28.9 Å². The van der Waals surface area contributed by atoms with E-state index in [0.29, 0.717) is 56.5 Å². The number of hydrogen-bond donors (Lipinski definition) is 0. The Bertz CT molecular complexity index is 906. The number of piperazine rings is 1. The first-order valence-corrected chi connectivity index (χ1v) is 11.0. The Balaban J connectivity index is 1.38. The summed E-state index contributed by atoms with van der Waals surface area (Å²) in [7, 11) is 0. The zero-order valence-corrected chi connectivity index (χ0v) is 18.0.